The number of carbonyl (C=O) groups is 1. The predicted octanol–water partition coefficient (Wildman–Crippen LogP) is 2.56. The quantitative estimate of drug-likeness (QED) is 0.829. The maximum Gasteiger partial charge on any atom is 0.237 e. The number of anilines is 1. The van der Waals surface area contributed by atoms with Crippen LogP contribution in [-0.2, 0) is 11.3 Å². The summed E-state index contributed by atoms with van der Waals surface area (Å²) >= 11 is 0. The number of hydrogen-bond acceptors (Lipinski definition) is 4. The van der Waals surface area contributed by atoms with Crippen molar-refractivity contribution < 1.29 is 4.79 Å². The Balaban J connectivity index is 1.53. The second-order valence-electron chi connectivity index (χ2n) is 7.21. The molecule has 0 saturated carbocycles. The van der Waals surface area contributed by atoms with Crippen molar-refractivity contribution >= 4 is 11.6 Å². The van der Waals surface area contributed by atoms with E-state index in [-0.39, 0.29) is 11.9 Å². The van der Waals surface area contributed by atoms with Crippen LogP contribution in [0.4, 0.5) is 5.69 Å². The zero-order valence-corrected chi connectivity index (χ0v) is 15.9. The van der Waals surface area contributed by atoms with Crippen LogP contribution in [0.5, 0.6) is 0 Å². The number of aromatic nitrogens is 1. The summed E-state index contributed by atoms with van der Waals surface area (Å²) in [7, 11) is 1.97. The van der Waals surface area contributed by atoms with E-state index in [0.29, 0.717) is 13.1 Å². The van der Waals surface area contributed by atoms with Gasteiger partial charge in [0, 0.05) is 44.1 Å². The molecule has 0 N–H and O–H groups in total. The first-order valence-electron chi connectivity index (χ1n) is 9.22. The van der Waals surface area contributed by atoms with Crippen molar-refractivity contribution in [3.05, 3.63) is 59.9 Å². The third-order valence-corrected chi connectivity index (χ3v) is 4.91. The van der Waals surface area contributed by atoms with Gasteiger partial charge < -0.3 is 9.80 Å². The molecule has 1 amide bonds. The molecule has 1 atom stereocenters. The normalized spacial score (nSPS) is 17.6. The van der Waals surface area contributed by atoms with Gasteiger partial charge in [-0.25, -0.2) is 0 Å². The SMILES string of the molecule is Cc1ccc(N2CCN(C(=O)CN(C)Cc3ccccn3)C(C)C2)cc1. The van der Waals surface area contributed by atoms with Crippen molar-refractivity contribution in [2.45, 2.75) is 26.4 Å². The Morgan fingerprint density at radius 2 is 1.96 bits per heavy atom. The van der Waals surface area contributed by atoms with Gasteiger partial charge in [0.15, 0.2) is 0 Å². The minimum absolute atomic E-state index is 0.194. The van der Waals surface area contributed by atoms with Gasteiger partial charge in [0.25, 0.3) is 0 Å². The average molecular weight is 352 g/mol. The molecule has 0 spiro atoms. The number of amides is 1. The second kappa shape index (κ2) is 8.32. The Labute approximate surface area is 156 Å². The lowest BCUT2D eigenvalue weighted by Crippen LogP contribution is -2.55. The predicted molar refractivity (Wildman–Crippen MR) is 105 cm³/mol. The van der Waals surface area contributed by atoms with Gasteiger partial charge in [-0.05, 0) is 45.2 Å². The average Bonchev–Trinajstić information content (AvgIpc) is 2.63. The van der Waals surface area contributed by atoms with Crippen LogP contribution in [0.2, 0.25) is 0 Å². The number of piperazine rings is 1. The molecule has 1 aromatic heterocycles. The monoisotopic (exact) mass is 352 g/mol. The van der Waals surface area contributed by atoms with E-state index in [9.17, 15) is 4.79 Å². The zero-order chi connectivity index (χ0) is 18.5. The molecule has 1 aliphatic rings. The highest BCUT2D eigenvalue weighted by atomic mass is 16.2. The molecule has 1 aliphatic heterocycles. The maximum atomic E-state index is 12.7. The van der Waals surface area contributed by atoms with Crippen LogP contribution in [0.3, 0.4) is 0 Å². The van der Waals surface area contributed by atoms with E-state index in [1.165, 1.54) is 11.3 Å². The van der Waals surface area contributed by atoms with Crippen molar-refractivity contribution in [3.63, 3.8) is 0 Å². The first-order valence-corrected chi connectivity index (χ1v) is 9.22. The number of nitrogens with zero attached hydrogens (tertiary/aromatic N) is 4. The summed E-state index contributed by atoms with van der Waals surface area (Å²) in [5.41, 5.74) is 3.49. The lowest BCUT2D eigenvalue weighted by molar-refractivity contribution is -0.134. The zero-order valence-electron chi connectivity index (χ0n) is 15.9. The smallest absolute Gasteiger partial charge is 0.237 e. The summed E-state index contributed by atoms with van der Waals surface area (Å²) < 4.78 is 0. The number of hydrogen-bond donors (Lipinski definition) is 0. The third-order valence-electron chi connectivity index (χ3n) is 4.91. The van der Waals surface area contributed by atoms with E-state index in [1.54, 1.807) is 6.20 Å². The topological polar surface area (TPSA) is 39.7 Å². The summed E-state index contributed by atoms with van der Waals surface area (Å²) in [6.45, 7) is 7.87. The first kappa shape index (κ1) is 18.4. The van der Waals surface area contributed by atoms with Crippen molar-refractivity contribution in [1.82, 2.24) is 14.8 Å². The largest absolute Gasteiger partial charge is 0.368 e. The number of benzene rings is 1. The van der Waals surface area contributed by atoms with E-state index < -0.39 is 0 Å². The number of rotatable bonds is 5. The molecular weight excluding hydrogens is 324 g/mol. The standard InChI is InChI=1S/C21H28N4O/c1-17-7-9-20(10-8-17)24-12-13-25(18(2)14-24)21(26)16-23(3)15-19-6-4-5-11-22-19/h4-11,18H,12-16H2,1-3H3. The minimum atomic E-state index is 0.194. The van der Waals surface area contributed by atoms with E-state index >= 15 is 0 Å². The number of likely N-dealkylation sites (N-methyl/N-ethyl adjacent to an activating group) is 1. The molecule has 5 nitrogen and oxygen atoms in total. The van der Waals surface area contributed by atoms with Crippen LogP contribution < -0.4 is 4.90 Å². The van der Waals surface area contributed by atoms with Crippen LogP contribution >= 0.6 is 0 Å². The van der Waals surface area contributed by atoms with Gasteiger partial charge in [-0.15, -0.1) is 0 Å². The second-order valence-corrected chi connectivity index (χ2v) is 7.21. The van der Waals surface area contributed by atoms with Gasteiger partial charge in [-0.3, -0.25) is 14.7 Å². The summed E-state index contributed by atoms with van der Waals surface area (Å²) in [6.07, 6.45) is 1.79. The van der Waals surface area contributed by atoms with Crippen LogP contribution in [0.1, 0.15) is 18.2 Å². The van der Waals surface area contributed by atoms with Crippen molar-refractivity contribution in [1.29, 1.82) is 0 Å². The Hall–Kier alpha value is -2.40. The fourth-order valence-electron chi connectivity index (χ4n) is 3.46. The molecule has 1 aromatic carbocycles. The highest BCUT2D eigenvalue weighted by Crippen LogP contribution is 2.20. The summed E-state index contributed by atoms with van der Waals surface area (Å²) in [4.78, 5) is 23.5. The molecule has 26 heavy (non-hydrogen) atoms. The molecule has 0 bridgehead atoms. The van der Waals surface area contributed by atoms with Crippen LogP contribution in [0, 0.1) is 6.92 Å². The van der Waals surface area contributed by atoms with Crippen molar-refractivity contribution in [2.24, 2.45) is 0 Å². The van der Waals surface area contributed by atoms with Crippen molar-refractivity contribution in [2.75, 3.05) is 38.1 Å². The molecule has 2 heterocycles. The number of carbonyl (C=O) groups excluding carboxylic acids is 1. The van der Waals surface area contributed by atoms with Gasteiger partial charge in [0.1, 0.15) is 0 Å². The van der Waals surface area contributed by atoms with E-state index in [4.69, 9.17) is 0 Å². The number of aryl methyl sites for hydroxylation is 1. The molecule has 1 unspecified atom stereocenters. The van der Waals surface area contributed by atoms with Gasteiger partial charge in [0.2, 0.25) is 5.91 Å². The summed E-state index contributed by atoms with van der Waals surface area (Å²) in [6, 6.07) is 14.7. The minimum Gasteiger partial charge on any atom is -0.368 e. The van der Waals surface area contributed by atoms with Crippen LogP contribution in [0.15, 0.2) is 48.7 Å². The Bertz CT molecular complexity index is 717. The van der Waals surface area contributed by atoms with Crippen molar-refractivity contribution in [3.8, 4) is 0 Å². The van der Waals surface area contributed by atoms with Crippen LogP contribution in [-0.4, -0.2) is 60.0 Å². The lowest BCUT2D eigenvalue weighted by Gasteiger charge is -2.41. The Morgan fingerprint density at radius 1 is 1.19 bits per heavy atom. The maximum absolute atomic E-state index is 12.7. The number of pyridine rings is 1. The highest BCUT2D eigenvalue weighted by Gasteiger charge is 2.27. The fraction of sp³-hybridized carbons (Fsp3) is 0.429. The molecular formula is C21H28N4O. The van der Waals surface area contributed by atoms with E-state index in [0.717, 1.165) is 25.3 Å². The molecule has 0 aliphatic carbocycles. The molecule has 2 aromatic rings. The molecule has 1 saturated heterocycles. The molecule has 1 fully saturated rings. The van der Waals surface area contributed by atoms with Crippen LogP contribution in [0.25, 0.3) is 0 Å². The highest BCUT2D eigenvalue weighted by molar-refractivity contribution is 5.79. The van der Waals surface area contributed by atoms with Gasteiger partial charge in [0.05, 0.1) is 12.2 Å². The van der Waals surface area contributed by atoms with Gasteiger partial charge in [-0.1, -0.05) is 23.8 Å². The van der Waals surface area contributed by atoms with Gasteiger partial charge >= 0.3 is 0 Å². The first-order chi connectivity index (χ1) is 12.5. The molecule has 138 valence electrons. The lowest BCUT2D eigenvalue weighted by atomic mass is 10.1. The Morgan fingerprint density at radius 3 is 2.62 bits per heavy atom. The Kier molecular flexibility index (Phi) is 5.89. The van der Waals surface area contributed by atoms with Gasteiger partial charge in [-0.2, -0.15) is 0 Å². The molecule has 3 rings (SSSR count). The third kappa shape index (κ3) is 4.61. The van der Waals surface area contributed by atoms with E-state index in [2.05, 4.69) is 48.0 Å². The summed E-state index contributed by atoms with van der Waals surface area (Å²) in [5, 5.41) is 0. The molecule has 5 heteroatoms. The fourth-order valence-corrected chi connectivity index (χ4v) is 3.46. The van der Waals surface area contributed by atoms with E-state index in [1.807, 2.05) is 35.0 Å². The summed E-state index contributed by atoms with van der Waals surface area (Å²) in [5.74, 6) is 0.194. The molecule has 0 radical (unpaired) electrons.